The Morgan fingerprint density at radius 1 is 0.733 bits per heavy atom. The van der Waals surface area contributed by atoms with Crippen molar-refractivity contribution in [2.75, 3.05) is 0 Å². The molecule has 0 amide bonds. The maximum Gasteiger partial charge on any atom is 0.127 e. The number of rotatable bonds is 0. The molecule has 0 spiro atoms. The van der Waals surface area contributed by atoms with Crippen LogP contribution in [0.15, 0.2) is 42.5 Å². The lowest BCUT2D eigenvalue weighted by Gasteiger charge is -2.19. The molecule has 15 heavy (non-hydrogen) atoms. The van der Waals surface area contributed by atoms with Gasteiger partial charge in [-0.05, 0) is 34.7 Å². The molecule has 0 N–H and O–H groups in total. The van der Waals surface area contributed by atoms with Crippen LogP contribution >= 0.6 is 0 Å². The molecule has 2 aromatic rings. The summed E-state index contributed by atoms with van der Waals surface area (Å²) >= 11 is 0. The SMILES string of the molecule is Fc1cccc2c1Cc1ccccc1C2. The molecule has 1 aliphatic carbocycles. The smallest absolute Gasteiger partial charge is 0.127 e. The summed E-state index contributed by atoms with van der Waals surface area (Å²) in [6.45, 7) is 0. The molecule has 0 heterocycles. The molecule has 0 aromatic heterocycles. The molecule has 1 aliphatic rings. The van der Waals surface area contributed by atoms with E-state index < -0.39 is 0 Å². The van der Waals surface area contributed by atoms with Crippen molar-refractivity contribution in [1.29, 1.82) is 0 Å². The average Bonchev–Trinajstić information content (AvgIpc) is 2.27. The fourth-order valence-electron chi connectivity index (χ4n) is 2.26. The third kappa shape index (κ3) is 1.35. The molecule has 0 aliphatic heterocycles. The van der Waals surface area contributed by atoms with Gasteiger partial charge in [0.1, 0.15) is 5.82 Å². The van der Waals surface area contributed by atoms with E-state index in [0.717, 1.165) is 24.0 Å². The van der Waals surface area contributed by atoms with Crippen molar-refractivity contribution >= 4 is 0 Å². The quantitative estimate of drug-likeness (QED) is 0.520. The zero-order valence-corrected chi connectivity index (χ0v) is 8.33. The topological polar surface area (TPSA) is 0 Å². The van der Waals surface area contributed by atoms with Gasteiger partial charge in [0, 0.05) is 6.42 Å². The zero-order valence-electron chi connectivity index (χ0n) is 8.33. The molecule has 0 nitrogen and oxygen atoms in total. The molecular weight excluding hydrogens is 187 g/mol. The first kappa shape index (κ1) is 8.66. The van der Waals surface area contributed by atoms with E-state index in [1.54, 1.807) is 12.1 Å². The predicted molar refractivity (Wildman–Crippen MR) is 58.5 cm³/mol. The van der Waals surface area contributed by atoms with Gasteiger partial charge in [0.05, 0.1) is 0 Å². The van der Waals surface area contributed by atoms with Crippen molar-refractivity contribution in [3.63, 3.8) is 0 Å². The molecule has 0 saturated heterocycles. The van der Waals surface area contributed by atoms with Gasteiger partial charge in [0.15, 0.2) is 0 Å². The van der Waals surface area contributed by atoms with Crippen molar-refractivity contribution in [2.45, 2.75) is 12.8 Å². The van der Waals surface area contributed by atoms with Crippen LogP contribution < -0.4 is 0 Å². The van der Waals surface area contributed by atoms with Gasteiger partial charge in [0.25, 0.3) is 0 Å². The van der Waals surface area contributed by atoms with Gasteiger partial charge >= 0.3 is 0 Å². The lowest BCUT2D eigenvalue weighted by atomic mass is 9.86. The van der Waals surface area contributed by atoms with Crippen LogP contribution in [0.3, 0.4) is 0 Å². The Bertz CT molecular complexity index is 514. The third-order valence-corrected chi connectivity index (χ3v) is 3.08. The fraction of sp³-hybridized carbons (Fsp3) is 0.143. The highest BCUT2D eigenvalue weighted by Gasteiger charge is 2.16. The van der Waals surface area contributed by atoms with Crippen LogP contribution in [-0.2, 0) is 12.8 Å². The summed E-state index contributed by atoms with van der Waals surface area (Å²) in [6.07, 6.45) is 1.60. The minimum absolute atomic E-state index is 0.0676. The Morgan fingerprint density at radius 3 is 2.20 bits per heavy atom. The van der Waals surface area contributed by atoms with E-state index in [0.29, 0.717) is 0 Å². The Labute approximate surface area is 88.4 Å². The number of benzene rings is 2. The van der Waals surface area contributed by atoms with E-state index in [4.69, 9.17) is 0 Å². The van der Waals surface area contributed by atoms with Gasteiger partial charge in [-0.2, -0.15) is 0 Å². The number of hydrogen-bond acceptors (Lipinski definition) is 0. The van der Waals surface area contributed by atoms with Gasteiger partial charge in [-0.25, -0.2) is 4.39 Å². The molecule has 74 valence electrons. The summed E-state index contributed by atoms with van der Waals surface area (Å²) in [5, 5.41) is 0. The summed E-state index contributed by atoms with van der Waals surface area (Å²) in [5.74, 6) is -0.0676. The molecular formula is C14H11F. The monoisotopic (exact) mass is 198 g/mol. The standard InChI is InChI=1S/C14H11F/c15-14-7-3-6-12-8-10-4-1-2-5-11(10)9-13(12)14/h1-7H,8-9H2. The highest BCUT2D eigenvalue weighted by atomic mass is 19.1. The normalized spacial score (nSPS) is 13.1. The lowest BCUT2D eigenvalue weighted by Crippen LogP contribution is -2.08. The van der Waals surface area contributed by atoms with Crippen molar-refractivity contribution < 1.29 is 4.39 Å². The Kier molecular flexibility index (Phi) is 1.84. The number of fused-ring (bicyclic) bond motifs is 2. The largest absolute Gasteiger partial charge is 0.207 e. The summed E-state index contributed by atoms with van der Waals surface area (Å²) in [6, 6.07) is 13.6. The minimum Gasteiger partial charge on any atom is -0.207 e. The average molecular weight is 198 g/mol. The van der Waals surface area contributed by atoms with Crippen LogP contribution in [-0.4, -0.2) is 0 Å². The predicted octanol–water partition coefficient (Wildman–Crippen LogP) is 3.32. The Hall–Kier alpha value is -1.63. The second-order valence-corrected chi connectivity index (χ2v) is 4.00. The van der Waals surface area contributed by atoms with Crippen LogP contribution in [0, 0.1) is 5.82 Å². The first-order valence-corrected chi connectivity index (χ1v) is 5.17. The molecule has 0 unspecified atom stereocenters. The summed E-state index contributed by atoms with van der Waals surface area (Å²) < 4.78 is 13.6. The van der Waals surface area contributed by atoms with Crippen LogP contribution in [0.1, 0.15) is 22.3 Å². The van der Waals surface area contributed by atoms with Gasteiger partial charge in [-0.15, -0.1) is 0 Å². The Balaban J connectivity index is 2.15. The number of halogens is 1. The molecule has 1 heteroatoms. The molecule has 0 fully saturated rings. The summed E-state index contributed by atoms with van der Waals surface area (Å²) in [7, 11) is 0. The maximum atomic E-state index is 13.6. The summed E-state index contributed by atoms with van der Waals surface area (Å²) in [4.78, 5) is 0. The van der Waals surface area contributed by atoms with Crippen molar-refractivity contribution in [1.82, 2.24) is 0 Å². The van der Waals surface area contributed by atoms with E-state index in [-0.39, 0.29) is 5.82 Å². The van der Waals surface area contributed by atoms with E-state index in [2.05, 4.69) is 12.1 Å². The molecule has 3 rings (SSSR count). The third-order valence-electron chi connectivity index (χ3n) is 3.08. The zero-order chi connectivity index (χ0) is 10.3. The van der Waals surface area contributed by atoms with Gasteiger partial charge < -0.3 is 0 Å². The first-order chi connectivity index (χ1) is 7.34. The molecule has 2 aromatic carbocycles. The molecule has 0 radical (unpaired) electrons. The van der Waals surface area contributed by atoms with E-state index in [1.165, 1.54) is 11.1 Å². The maximum absolute atomic E-state index is 13.6. The summed E-state index contributed by atoms with van der Waals surface area (Å²) in [5.41, 5.74) is 4.59. The second kappa shape index (κ2) is 3.20. The lowest BCUT2D eigenvalue weighted by molar-refractivity contribution is 0.609. The minimum atomic E-state index is -0.0676. The number of hydrogen-bond donors (Lipinski definition) is 0. The fourth-order valence-corrected chi connectivity index (χ4v) is 2.26. The van der Waals surface area contributed by atoms with Gasteiger partial charge in [0.2, 0.25) is 0 Å². The molecule has 0 saturated carbocycles. The highest BCUT2D eigenvalue weighted by Crippen LogP contribution is 2.28. The highest BCUT2D eigenvalue weighted by molar-refractivity contribution is 5.45. The second-order valence-electron chi connectivity index (χ2n) is 4.00. The van der Waals surface area contributed by atoms with Crippen LogP contribution in [0.5, 0.6) is 0 Å². The van der Waals surface area contributed by atoms with E-state index >= 15 is 0 Å². The van der Waals surface area contributed by atoms with Crippen LogP contribution in [0.2, 0.25) is 0 Å². The first-order valence-electron chi connectivity index (χ1n) is 5.17. The molecule has 0 atom stereocenters. The van der Waals surface area contributed by atoms with Crippen LogP contribution in [0.4, 0.5) is 4.39 Å². The van der Waals surface area contributed by atoms with E-state index in [9.17, 15) is 4.39 Å². The van der Waals surface area contributed by atoms with E-state index in [1.807, 2.05) is 18.2 Å². The van der Waals surface area contributed by atoms with Crippen LogP contribution in [0.25, 0.3) is 0 Å². The van der Waals surface area contributed by atoms with Gasteiger partial charge in [-0.3, -0.25) is 0 Å². The van der Waals surface area contributed by atoms with Crippen molar-refractivity contribution in [2.24, 2.45) is 0 Å². The molecule has 0 bridgehead atoms. The van der Waals surface area contributed by atoms with Crippen molar-refractivity contribution in [3.05, 3.63) is 70.5 Å². The van der Waals surface area contributed by atoms with Crippen molar-refractivity contribution in [3.8, 4) is 0 Å². The Morgan fingerprint density at radius 2 is 1.40 bits per heavy atom. The van der Waals surface area contributed by atoms with Gasteiger partial charge in [-0.1, -0.05) is 36.4 Å².